The third-order valence-electron chi connectivity index (χ3n) is 3.05. The Labute approximate surface area is 116 Å². The van der Waals surface area contributed by atoms with Crippen molar-refractivity contribution in [2.45, 2.75) is 19.6 Å². The van der Waals surface area contributed by atoms with E-state index in [1.807, 2.05) is 0 Å². The number of ketones is 1. The minimum absolute atomic E-state index is 0.256. The lowest BCUT2D eigenvalue weighted by atomic mass is 10.1. The summed E-state index contributed by atoms with van der Waals surface area (Å²) in [5.41, 5.74) is -3.42. The molecule has 2 aromatic rings. The van der Waals surface area contributed by atoms with Crippen molar-refractivity contribution >= 4 is 16.7 Å². The molecule has 0 fully saturated rings. The second-order valence-electron chi connectivity index (χ2n) is 4.63. The zero-order valence-corrected chi connectivity index (χ0v) is 11.2. The molecule has 1 aromatic heterocycles. The van der Waals surface area contributed by atoms with Crippen LogP contribution in [-0.2, 0) is 24.6 Å². The summed E-state index contributed by atoms with van der Waals surface area (Å²) in [6.07, 6.45) is -4.69. The molecule has 0 aliphatic rings. The van der Waals surface area contributed by atoms with Crippen LogP contribution in [0.15, 0.2) is 27.8 Å². The van der Waals surface area contributed by atoms with E-state index in [1.165, 1.54) is 13.0 Å². The lowest BCUT2D eigenvalue weighted by molar-refractivity contribution is -0.136. The minimum atomic E-state index is -4.69. The van der Waals surface area contributed by atoms with Crippen molar-refractivity contribution in [2.24, 2.45) is 7.05 Å². The van der Waals surface area contributed by atoms with E-state index in [0.29, 0.717) is 4.57 Å². The van der Waals surface area contributed by atoms with Crippen LogP contribution in [0.3, 0.4) is 0 Å². The Morgan fingerprint density at radius 2 is 1.86 bits per heavy atom. The molecule has 0 atom stereocenters. The van der Waals surface area contributed by atoms with E-state index in [2.05, 4.69) is 0 Å². The third-order valence-corrected chi connectivity index (χ3v) is 3.05. The standard InChI is InChI=1S/C13H11F3N2O3/c1-7(19)6-18-11(20)8-4-3-5-9(13(14,15)16)10(8)17(2)12(18)21/h3-5H,6H2,1-2H3. The molecular weight excluding hydrogens is 289 g/mol. The number of aryl methyl sites for hydroxylation is 1. The molecule has 1 aromatic carbocycles. The van der Waals surface area contributed by atoms with Crippen LogP contribution in [0.5, 0.6) is 0 Å². The molecule has 2 rings (SSSR count). The van der Waals surface area contributed by atoms with Gasteiger partial charge in [-0.25, -0.2) is 4.79 Å². The summed E-state index contributed by atoms with van der Waals surface area (Å²) in [5, 5.41) is -0.256. The maximum absolute atomic E-state index is 13.0. The molecule has 0 spiro atoms. The molecule has 0 N–H and O–H groups in total. The van der Waals surface area contributed by atoms with Gasteiger partial charge in [0, 0.05) is 7.05 Å². The Balaban J connectivity index is 2.99. The van der Waals surface area contributed by atoms with Crippen molar-refractivity contribution in [3.05, 3.63) is 44.6 Å². The molecule has 8 heteroatoms. The normalized spacial score (nSPS) is 11.9. The van der Waals surface area contributed by atoms with Crippen LogP contribution in [0.4, 0.5) is 13.2 Å². The summed E-state index contributed by atoms with van der Waals surface area (Å²) < 4.78 is 40.3. The highest BCUT2D eigenvalue weighted by Crippen LogP contribution is 2.33. The molecule has 0 amide bonds. The Bertz CT molecular complexity index is 847. The molecular formula is C13H11F3N2O3. The van der Waals surface area contributed by atoms with Crippen LogP contribution in [0.1, 0.15) is 12.5 Å². The highest BCUT2D eigenvalue weighted by Gasteiger charge is 2.34. The van der Waals surface area contributed by atoms with Crippen molar-refractivity contribution < 1.29 is 18.0 Å². The Morgan fingerprint density at radius 3 is 2.38 bits per heavy atom. The van der Waals surface area contributed by atoms with Gasteiger partial charge in [0.25, 0.3) is 5.56 Å². The first-order valence-corrected chi connectivity index (χ1v) is 5.93. The lowest BCUT2D eigenvalue weighted by Crippen LogP contribution is -2.41. The van der Waals surface area contributed by atoms with Crippen molar-refractivity contribution in [1.82, 2.24) is 9.13 Å². The van der Waals surface area contributed by atoms with E-state index in [-0.39, 0.29) is 5.39 Å². The molecule has 0 aliphatic carbocycles. The zero-order valence-electron chi connectivity index (χ0n) is 11.2. The number of fused-ring (bicyclic) bond motifs is 1. The molecule has 0 bridgehead atoms. The summed E-state index contributed by atoms with van der Waals surface area (Å²) in [5.74, 6) is -0.444. The summed E-state index contributed by atoms with van der Waals surface area (Å²) in [6, 6.07) is 3.09. The first-order chi connectivity index (χ1) is 9.64. The Kier molecular flexibility index (Phi) is 3.48. The van der Waals surface area contributed by atoms with Crippen LogP contribution in [0.2, 0.25) is 0 Å². The van der Waals surface area contributed by atoms with Crippen molar-refractivity contribution in [3.63, 3.8) is 0 Å². The van der Waals surface area contributed by atoms with E-state index in [0.717, 1.165) is 23.7 Å². The number of alkyl halides is 3. The smallest absolute Gasteiger partial charge is 0.298 e. The highest BCUT2D eigenvalue weighted by atomic mass is 19.4. The van der Waals surface area contributed by atoms with Gasteiger partial charge in [-0.1, -0.05) is 6.07 Å². The van der Waals surface area contributed by atoms with Gasteiger partial charge in [0.15, 0.2) is 0 Å². The van der Waals surface area contributed by atoms with E-state index in [1.54, 1.807) is 0 Å². The number of hydrogen-bond donors (Lipinski definition) is 0. The zero-order chi connectivity index (χ0) is 15.9. The van der Waals surface area contributed by atoms with E-state index in [9.17, 15) is 27.6 Å². The summed E-state index contributed by atoms with van der Waals surface area (Å²) in [6.45, 7) is 0.708. The third kappa shape index (κ3) is 2.48. The van der Waals surface area contributed by atoms with Gasteiger partial charge in [-0.3, -0.25) is 18.7 Å². The number of para-hydroxylation sites is 1. The van der Waals surface area contributed by atoms with Crippen LogP contribution in [-0.4, -0.2) is 14.9 Å². The fourth-order valence-electron chi connectivity index (χ4n) is 2.18. The van der Waals surface area contributed by atoms with Gasteiger partial charge in [-0.2, -0.15) is 13.2 Å². The molecule has 1 heterocycles. The summed E-state index contributed by atoms with van der Waals surface area (Å²) in [7, 11) is 1.13. The monoisotopic (exact) mass is 300 g/mol. The molecule has 0 unspecified atom stereocenters. The second-order valence-corrected chi connectivity index (χ2v) is 4.63. The molecule has 112 valence electrons. The number of Topliss-reactive ketones (excluding diaryl/α,β-unsaturated/α-hetero) is 1. The topological polar surface area (TPSA) is 61.1 Å². The molecule has 0 saturated carbocycles. The van der Waals surface area contributed by atoms with Gasteiger partial charge in [0.05, 0.1) is 23.0 Å². The van der Waals surface area contributed by atoms with Crippen molar-refractivity contribution in [2.75, 3.05) is 0 Å². The maximum atomic E-state index is 13.0. The van der Waals surface area contributed by atoms with Crippen molar-refractivity contribution in [3.8, 4) is 0 Å². The second kappa shape index (κ2) is 4.87. The minimum Gasteiger partial charge on any atom is -0.298 e. The van der Waals surface area contributed by atoms with E-state index < -0.39 is 40.8 Å². The van der Waals surface area contributed by atoms with Crippen molar-refractivity contribution in [1.29, 1.82) is 0 Å². The van der Waals surface area contributed by atoms with Gasteiger partial charge in [0.2, 0.25) is 0 Å². The number of carbonyl (C=O) groups is 1. The van der Waals surface area contributed by atoms with E-state index >= 15 is 0 Å². The molecule has 5 nitrogen and oxygen atoms in total. The van der Waals surface area contributed by atoms with Gasteiger partial charge in [-0.15, -0.1) is 0 Å². The predicted molar refractivity (Wildman–Crippen MR) is 69.1 cm³/mol. The predicted octanol–water partition coefficient (Wildman–Crippen LogP) is 1.31. The SMILES string of the molecule is CC(=O)Cn1c(=O)c2cccc(C(F)(F)F)c2n(C)c1=O. The molecule has 0 aliphatic heterocycles. The first-order valence-electron chi connectivity index (χ1n) is 5.93. The average molecular weight is 300 g/mol. The number of halogens is 3. The lowest BCUT2D eigenvalue weighted by Gasteiger charge is -2.14. The fraction of sp³-hybridized carbons (Fsp3) is 0.308. The summed E-state index contributed by atoms with van der Waals surface area (Å²) >= 11 is 0. The first kappa shape index (κ1) is 15.0. The number of carbonyl (C=O) groups excluding carboxylic acids is 1. The van der Waals surface area contributed by atoms with Gasteiger partial charge >= 0.3 is 11.9 Å². The number of nitrogens with zero attached hydrogens (tertiary/aromatic N) is 2. The Morgan fingerprint density at radius 1 is 1.24 bits per heavy atom. The van der Waals surface area contributed by atoms with Crippen LogP contribution in [0.25, 0.3) is 10.9 Å². The Hall–Kier alpha value is -2.38. The largest absolute Gasteiger partial charge is 0.418 e. The number of hydrogen-bond acceptors (Lipinski definition) is 3. The van der Waals surface area contributed by atoms with Crippen LogP contribution < -0.4 is 11.2 Å². The molecule has 0 saturated heterocycles. The van der Waals surface area contributed by atoms with Gasteiger partial charge in [-0.05, 0) is 19.1 Å². The summed E-state index contributed by atoms with van der Waals surface area (Å²) in [4.78, 5) is 35.3. The number of rotatable bonds is 2. The van der Waals surface area contributed by atoms with Crippen LogP contribution >= 0.6 is 0 Å². The van der Waals surface area contributed by atoms with Gasteiger partial charge < -0.3 is 0 Å². The van der Waals surface area contributed by atoms with Crippen LogP contribution in [0, 0.1) is 0 Å². The van der Waals surface area contributed by atoms with E-state index in [4.69, 9.17) is 0 Å². The van der Waals surface area contributed by atoms with Gasteiger partial charge in [0.1, 0.15) is 5.78 Å². The molecule has 21 heavy (non-hydrogen) atoms. The fourth-order valence-corrected chi connectivity index (χ4v) is 2.18. The quantitative estimate of drug-likeness (QED) is 0.840. The maximum Gasteiger partial charge on any atom is 0.418 e. The number of aromatic nitrogens is 2. The number of benzene rings is 1. The average Bonchev–Trinajstić information content (AvgIpc) is 2.39. The highest BCUT2D eigenvalue weighted by molar-refractivity contribution is 5.82. The molecule has 0 radical (unpaired) electrons.